The number of likely N-dealkylation sites (tertiary alicyclic amines) is 1. The molecule has 112 valence electrons. The van der Waals surface area contributed by atoms with E-state index in [1.807, 2.05) is 20.8 Å². The molecule has 1 fully saturated rings. The third-order valence-electron chi connectivity index (χ3n) is 2.75. The average molecular weight is 384 g/mol. The van der Waals surface area contributed by atoms with E-state index < -0.39 is 5.60 Å². The van der Waals surface area contributed by atoms with Crippen molar-refractivity contribution in [2.75, 3.05) is 26.7 Å². The van der Waals surface area contributed by atoms with Crippen LogP contribution in [0.15, 0.2) is 4.99 Å². The predicted octanol–water partition coefficient (Wildman–Crippen LogP) is 1.40. The lowest BCUT2D eigenvalue weighted by Crippen LogP contribution is -2.38. The van der Waals surface area contributed by atoms with Gasteiger partial charge in [-0.2, -0.15) is 0 Å². The molecule has 19 heavy (non-hydrogen) atoms. The lowest BCUT2D eigenvalue weighted by molar-refractivity contribution is 0.0288. The molecule has 0 spiro atoms. The summed E-state index contributed by atoms with van der Waals surface area (Å²) in [5, 5.41) is 3.03. The van der Waals surface area contributed by atoms with E-state index in [4.69, 9.17) is 10.5 Å². The number of ether oxygens (including phenoxy) is 1. The molecular weight excluding hydrogens is 359 g/mol. The van der Waals surface area contributed by atoms with Crippen LogP contribution in [0.1, 0.15) is 27.2 Å². The maximum atomic E-state index is 11.8. The maximum absolute atomic E-state index is 11.8. The molecule has 6 nitrogen and oxygen atoms in total. The van der Waals surface area contributed by atoms with Gasteiger partial charge in [-0.3, -0.25) is 4.99 Å². The second kappa shape index (κ2) is 7.76. The smallest absolute Gasteiger partial charge is 0.410 e. The van der Waals surface area contributed by atoms with Gasteiger partial charge in [0.2, 0.25) is 0 Å². The Morgan fingerprint density at radius 2 is 2.16 bits per heavy atom. The second-order valence-electron chi connectivity index (χ2n) is 5.57. The quantitative estimate of drug-likeness (QED) is 0.429. The molecule has 0 bridgehead atoms. The van der Waals surface area contributed by atoms with Crippen molar-refractivity contribution in [3.8, 4) is 0 Å². The van der Waals surface area contributed by atoms with Crippen LogP contribution in [0.5, 0.6) is 0 Å². The van der Waals surface area contributed by atoms with Gasteiger partial charge in [-0.15, -0.1) is 24.0 Å². The molecule has 0 aromatic heterocycles. The van der Waals surface area contributed by atoms with Gasteiger partial charge in [-0.1, -0.05) is 0 Å². The summed E-state index contributed by atoms with van der Waals surface area (Å²) in [6, 6.07) is 0. The Bertz CT molecular complexity index is 328. The Balaban J connectivity index is 0.00000324. The number of hydrogen-bond donors (Lipinski definition) is 2. The first-order valence-electron chi connectivity index (χ1n) is 6.26. The molecule has 1 atom stereocenters. The van der Waals surface area contributed by atoms with Crippen LogP contribution >= 0.6 is 24.0 Å². The van der Waals surface area contributed by atoms with Gasteiger partial charge in [-0.05, 0) is 33.1 Å². The Hall–Kier alpha value is -0.730. The van der Waals surface area contributed by atoms with Crippen molar-refractivity contribution >= 4 is 36.0 Å². The second-order valence-corrected chi connectivity index (χ2v) is 5.57. The predicted molar refractivity (Wildman–Crippen MR) is 86.9 cm³/mol. The lowest BCUT2D eigenvalue weighted by Gasteiger charge is -2.24. The van der Waals surface area contributed by atoms with Gasteiger partial charge in [0.15, 0.2) is 5.96 Å². The standard InChI is InChI=1S/C12H24N4O2.HI/c1-12(2,3)18-11(17)16-6-5-9(8-16)7-15-10(13)14-4;/h9H,5-8H2,1-4H3,(H3,13,14,15);1H. The summed E-state index contributed by atoms with van der Waals surface area (Å²) in [4.78, 5) is 17.4. The molecule has 1 rings (SSSR count). The average Bonchev–Trinajstić information content (AvgIpc) is 2.72. The molecule has 1 aliphatic heterocycles. The molecule has 0 saturated carbocycles. The first kappa shape index (κ1) is 18.3. The van der Waals surface area contributed by atoms with Crippen molar-refractivity contribution in [3.05, 3.63) is 0 Å². The van der Waals surface area contributed by atoms with Gasteiger partial charge in [0, 0.05) is 26.7 Å². The fourth-order valence-electron chi connectivity index (χ4n) is 1.82. The number of nitrogens with one attached hydrogen (secondary N) is 1. The van der Waals surface area contributed by atoms with E-state index in [1.54, 1.807) is 11.9 Å². The van der Waals surface area contributed by atoms with Crippen LogP contribution < -0.4 is 11.1 Å². The molecule has 0 radical (unpaired) electrons. The molecule has 0 aliphatic carbocycles. The van der Waals surface area contributed by atoms with Gasteiger partial charge in [0.05, 0.1) is 0 Å². The first-order chi connectivity index (χ1) is 8.31. The number of rotatable bonds is 2. The maximum Gasteiger partial charge on any atom is 0.410 e. The fraction of sp³-hybridized carbons (Fsp3) is 0.833. The highest BCUT2D eigenvalue weighted by Gasteiger charge is 2.29. The normalized spacial score (nSPS) is 19.9. The third-order valence-corrected chi connectivity index (χ3v) is 2.75. The molecule has 1 saturated heterocycles. The number of nitrogens with two attached hydrogens (primary N) is 1. The van der Waals surface area contributed by atoms with Crippen LogP contribution in [0.4, 0.5) is 4.79 Å². The minimum absolute atomic E-state index is 0. The number of guanidine groups is 1. The minimum Gasteiger partial charge on any atom is -0.444 e. The van der Waals surface area contributed by atoms with Crippen LogP contribution in [0.25, 0.3) is 0 Å². The Morgan fingerprint density at radius 1 is 1.53 bits per heavy atom. The summed E-state index contributed by atoms with van der Waals surface area (Å²) in [5.41, 5.74) is 5.12. The minimum atomic E-state index is -0.438. The van der Waals surface area contributed by atoms with E-state index in [9.17, 15) is 4.79 Å². The molecular formula is C12H25IN4O2. The molecule has 7 heteroatoms. The van der Waals surface area contributed by atoms with Crippen LogP contribution in [0, 0.1) is 5.92 Å². The number of halogens is 1. The number of hydrogen-bond acceptors (Lipinski definition) is 3. The number of nitrogens with zero attached hydrogens (tertiary/aromatic N) is 2. The van der Waals surface area contributed by atoms with Crippen LogP contribution in [0.2, 0.25) is 0 Å². The number of carbonyl (C=O) groups excluding carboxylic acids is 1. The van der Waals surface area contributed by atoms with Crippen molar-refractivity contribution in [1.29, 1.82) is 0 Å². The Labute approximate surface area is 132 Å². The highest BCUT2D eigenvalue weighted by molar-refractivity contribution is 14.0. The van der Waals surface area contributed by atoms with Gasteiger partial charge in [0.1, 0.15) is 5.60 Å². The van der Waals surface area contributed by atoms with E-state index in [2.05, 4.69) is 10.3 Å². The zero-order chi connectivity index (χ0) is 13.8. The molecule has 1 aliphatic rings. The highest BCUT2D eigenvalue weighted by atomic mass is 127. The number of amides is 1. The van der Waals surface area contributed by atoms with Crippen molar-refractivity contribution < 1.29 is 9.53 Å². The van der Waals surface area contributed by atoms with Gasteiger partial charge in [0.25, 0.3) is 0 Å². The van der Waals surface area contributed by atoms with E-state index >= 15 is 0 Å². The third kappa shape index (κ3) is 6.84. The molecule has 1 unspecified atom stereocenters. The van der Waals surface area contributed by atoms with E-state index in [0.29, 0.717) is 18.4 Å². The van der Waals surface area contributed by atoms with Crippen molar-refractivity contribution in [2.24, 2.45) is 16.6 Å². The summed E-state index contributed by atoms with van der Waals surface area (Å²) in [6.07, 6.45) is 0.727. The van der Waals surface area contributed by atoms with Crippen molar-refractivity contribution in [2.45, 2.75) is 32.8 Å². The van der Waals surface area contributed by atoms with Crippen LogP contribution in [-0.2, 0) is 4.74 Å². The molecule has 0 aromatic rings. The largest absolute Gasteiger partial charge is 0.444 e. The number of aliphatic imine (C=N–C) groups is 1. The summed E-state index contributed by atoms with van der Waals surface area (Å²) in [5.74, 6) is 0.837. The fourth-order valence-corrected chi connectivity index (χ4v) is 1.82. The van der Waals surface area contributed by atoms with Gasteiger partial charge in [-0.25, -0.2) is 4.79 Å². The van der Waals surface area contributed by atoms with E-state index in [0.717, 1.165) is 19.5 Å². The monoisotopic (exact) mass is 384 g/mol. The first-order valence-corrected chi connectivity index (χ1v) is 6.26. The zero-order valence-corrected chi connectivity index (χ0v) is 14.4. The molecule has 3 N–H and O–H groups in total. The molecule has 1 heterocycles. The SMILES string of the molecule is CN=C(N)NCC1CCN(C(=O)OC(C)(C)C)C1.I. The highest BCUT2D eigenvalue weighted by Crippen LogP contribution is 2.18. The Kier molecular flexibility index (Phi) is 7.46. The summed E-state index contributed by atoms with van der Waals surface area (Å²) in [7, 11) is 1.64. The van der Waals surface area contributed by atoms with Crippen molar-refractivity contribution in [1.82, 2.24) is 10.2 Å². The van der Waals surface area contributed by atoms with Gasteiger partial charge < -0.3 is 20.7 Å². The van der Waals surface area contributed by atoms with Crippen LogP contribution in [-0.4, -0.2) is 49.2 Å². The van der Waals surface area contributed by atoms with Crippen LogP contribution in [0.3, 0.4) is 0 Å². The van der Waals surface area contributed by atoms with E-state index in [1.165, 1.54) is 0 Å². The van der Waals surface area contributed by atoms with Gasteiger partial charge >= 0.3 is 6.09 Å². The summed E-state index contributed by atoms with van der Waals surface area (Å²) >= 11 is 0. The summed E-state index contributed by atoms with van der Waals surface area (Å²) < 4.78 is 5.33. The topological polar surface area (TPSA) is 80.0 Å². The molecule has 0 aromatic carbocycles. The van der Waals surface area contributed by atoms with Crippen molar-refractivity contribution in [3.63, 3.8) is 0 Å². The Morgan fingerprint density at radius 3 is 2.68 bits per heavy atom. The lowest BCUT2D eigenvalue weighted by atomic mass is 10.1. The molecule has 1 amide bonds. The van der Waals surface area contributed by atoms with E-state index in [-0.39, 0.29) is 30.1 Å². The summed E-state index contributed by atoms with van der Waals surface area (Å²) in [6.45, 7) is 7.81. The zero-order valence-electron chi connectivity index (χ0n) is 12.1. The number of carbonyl (C=O) groups is 1.